The number of nitrogens with zero attached hydrogens (tertiary/aromatic N) is 2. The second kappa shape index (κ2) is 7.69. The fourth-order valence-corrected chi connectivity index (χ4v) is 2.37. The molecule has 1 aromatic heterocycles. The number of thioether (sulfide) groups is 1. The molecule has 0 aliphatic heterocycles. The molecule has 0 saturated heterocycles. The van der Waals surface area contributed by atoms with Crippen molar-refractivity contribution in [2.24, 2.45) is 0 Å². The Labute approximate surface area is 132 Å². The van der Waals surface area contributed by atoms with Crippen molar-refractivity contribution in [1.82, 2.24) is 15.2 Å². The second-order valence-corrected chi connectivity index (χ2v) is 5.55. The highest BCUT2D eigenvalue weighted by molar-refractivity contribution is 7.99. The molecule has 0 bridgehead atoms. The van der Waals surface area contributed by atoms with Crippen LogP contribution in [0.3, 0.4) is 0 Å². The van der Waals surface area contributed by atoms with Gasteiger partial charge in [0.15, 0.2) is 11.5 Å². The molecule has 0 saturated carbocycles. The fourth-order valence-electron chi connectivity index (χ4n) is 1.85. The van der Waals surface area contributed by atoms with Crippen molar-refractivity contribution in [1.29, 1.82) is 0 Å². The number of carbonyl (C=O) groups is 1. The minimum absolute atomic E-state index is 0.184. The van der Waals surface area contributed by atoms with Gasteiger partial charge in [0, 0.05) is 0 Å². The Morgan fingerprint density at radius 1 is 1.32 bits per heavy atom. The number of aromatic amines is 1. The Morgan fingerprint density at radius 2 is 2.09 bits per heavy atom. The van der Waals surface area contributed by atoms with Crippen LogP contribution in [0.2, 0.25) is 0 Å². The van der Waals surface area contributed by atoms with E-state index in [9.17, 15) is 4.79 Å². The van der Waals surface area contributed by atoms with Gasteiger partial charge in [-0.3, -0.25) is 10.1 Å². The van der Waals surface area contributed by atoms with Crippen LogP contribution in [0.15, 0.2) is 23.4 Å². The van der Waals surface area contributed by atoms with Crippen LogP contribution in [0.25, 0.3) is 0 Å². The van der Waals surface area contributed by atoms with Crippen LogP contribution in [0.4, 0.5) is 5.95 Å². The molecule has 2 N–H and O–H groups in total. The minimum atomic E-state index is -0.184. The number of hydrogen-bond donors (Lipinski definition) is 2. The van der Waals surface area contributed by atoms with E-state index >= 15 is 0 Å². The summed E-state index contributed by atoms with van der Waals surface area (Å²) in [6, 6.07) is 5.36. The van der Waals surface area contributed by atoms with E-state index in [4.69, 9.17) is 9.47 Å². The summed E-state index contributed by atoms with van der Waals surface area (Å²) in [6.45, 7) is 2.01. The quantitative estimate of drug-likeness (QED) is 0.759. The maximum Gasteiger partial charge on any atom is 0.231 e. The molecule has 8 heteroatoms. The molecule has 0 fully saturated rings. The lowest BCUT2D eigenvalue weighted by Gasteiger charge is -2.09. The zero-order chi connectivity index (χ0) is 15.9. The van der Waals surface area contributed by atoms with E-state index in [1.54, 1.807) is 26.4 Å². The van der Waals surface area contributed by atoms with Crippen LogP contribution < -0.4 is 14.8 Å². The van der Waals surface area contributed by atoms with Gasteiger partial charge >= 0.3 is 0 Å². The molecule has 0 radical (unpaired) electrons. The van der Waals surface area contributed by atoms with Crippen LogP contribution in [0.1, 0.15) is 12.5 Å². The number of aromatic nitrogens is 3. The first-order chi connectivity index (χ1) is 10.7. The van der Waals surface area contributed by atoms with Crippen molar-refractivity contribution >= 4 is 23.6 Å². The van der Waals surface area contributed by atoms with E-state index in [0.717, 1.165) is 11.3 Å². The predicted molar refractivity (Wildman–Crippen MR) is 84.7 cm³/mol. The second-order valence-electron chi connectivity index (χ2n) is 4.31. The lowest BCUT2D eigenvalue weighted by Crippen LogP contribution is -2.15. The standard InChI is InChI=1S/C14H18N4O3S/c1-4-22-14-16-13(17-18-14)15-12(19)8-9-5-6-10(20-2)11(7-9)21-3/h5-7H,4,8H2,1-3H3,(H2,15,16,17,18,19). The molecule has 0 aliphatic rings. The number of ether oxygens (including phenoxy) is 2. The zero-order valence-electron chi connectivity index (χ0n) is 12.7. The molecule has 0 unspecified atom stereocenters. The number of nitrogens with one attached hydrogen (secondary N) is 2. The molecular formula is C14H18N4O3S. The van der Waals surface area contributed by atoms with Crippen molar-refractivity contribution < 1.29 is 14.3 Å². The van der Waals surface area contributed by atoms with Crippen LogP contribution >= 0.6 is 11.8 Å². The molecule has 22 heavy (non-hydrogen) atoms. The SMILES string of the molecule is CCSc1n[nH]c(NC(=O)Cc2ccc(OC)c(OC)c2)n1. The normalized spacial score (nSPS) is 10.3. The fraction of sp³-hybridized carbons (Fsp3) is 0.357. The molecule has 0 spiro atoms. The van der Waals surface area contributed by atoms with E-state index in [1.807, 2.05) is 13.0 Å². The van der Waals surface area contributed by atoms with Crippen LogP contribution in [0, 0.1) is 0 Å². The molecule has 118 valence electrons. The molecule has 0 atom stereocenters. The van der Waals surface area contributed by atoms with Gasteiger partial charge in [-0.2, -0.15) is 4.98 Å². The number of rotatable bonds is 7. The van der Waals surface area contributed by atoms with E-state index in [0.29, 0.717) is 22.6 Å². The van der Waals surface area contributed by atoms with Crippen molar-refractivity contribution in [3.8, 4) is 11.5 Å². The Morgan fingerprint density at radius 3 is 2.77 bits per heavy atom. The number of carbonyl (C=O) groups excluding carboxylic acids is 1. The van der Waals surface area contributed by atoms with Crippen molar-refractivity contribution in [3.63, 3.8) is 0 Å². The van der Waals surface area contributed by atoms with Gasteiger partial charge in [-0.1, -0.05) is 24.8 Å². The number of H-pyrrole nitrogens is 1. The lowest BCUT2D eigenvalue weighted by atomic mass is 10.1. The van der Waals surface area contributed by atoms with Gasteiger partial charge < -0.3 is 9.47 Å². The van der Waals surface area contributed by atoms with E-state index in [-0.39, 0.29) is 12.3 Å². The maximum atomic E-state index is 12.0. The van der Waals surface area contributed by atoms with Gasteiger partial charge in [0.2, 0.25) is 17.0 Å². The molecule has 7 nitrogen and oxygen atoms in total. The predicted octanol–water partition coefficient (Wildman–Crippen LogP) is 2.12. The van der Waals surface area contributed by atoms with Gasteiger partial charge in [-0.25, -0.2) is 5.10 Å². The Hall–Kier alpha value is -2.22. The minimum Gasteiger partial charge on any atom is -0.493 e. The van der Waals surface area contributed by atoms with Crippen LogP contribution in [-0.4, -0.2) is 41.1 Å². The average molecular weight is 322 g/mol. The summed E-state index contributed by atoms with van der Waals surface area (Å²) in [5.41, 5.74) is 0.817. The topological polar surface area (TPSA) is 89.1 Å². The molecule has 0 aliphatic carbocycles. The first-order valence-electron chi connectivity index (χ1n) is 6.72. The smallest absolute Gasteiger partial charge is 0.231 e. The largest absolute Gasteiger partial charge is 0.493 e. The number of methoxy groups -OCH3 is 2. The van der Waals surface area contributed by atoms with Crippen molar-refractivity contribution in [2.75, 3.05) is 25.3 Å². The first-order valence-corrected chi connectivity index (χ1v) is 7.70. The van der Waals surface area contributed by atoms with E-state index < -0.39 is 0 Å². The number of anilines is 1. The molecule has 2 aromatic rings. The van der Waals surface area contributed by atoms with Gasteiger partial charge in [-0.05, 0) is 23.4 Å². The Balaban J connectivity index is 1.99. The molecule has 1 aromatic carbocycles. The molecule has 1 amide bonds. The monoisotopic (exact) mass is 322 g/mol. The van der Waals surface area contributed by atoms with Crippen molar-refractivity contribution in [3.05, 3.63) is 23.8 Å². The summed E-state index contributed by atoms with van der Waals surface area (Å²) in [5, 5.41) is 9.98. The van der Waals surface area contributed by atoms with Gasteiger partial charge in [0.05, 0.1) is 20.6 Å². The molecule has 2 rings (SSSR count). The summed E-state index contributed by atoms with van der Waals surface area (Å²) in [4.78, 5) is 16.2. The Bertz CT molecular complexity index is 645. The van der Waals surface area contributed by atoms with Crippen LogP contribution in [-0.2, 0) is 11.2 Å². The maximum absolute atomic E-state index is 12.0. The van der Waals surface area contributed by atoms with Gasteiger partial charge in [0.1, 0.15) is 0 Å². The van der Waals surface area contributed by atoms with E-state index in [2.05, 4.69) is 20.5 Å². The van der Waals surface area contributed by atoms with E-state index in [1.165, 1.54) is 11.8 Å². The highest BCUT2D eigenvalue weighted by Gasteiger charge is 2.10. The third kappa shape index (κ3) is 4.14. The highest BCUT2D eigenvalue weighted by atomic mass is 32.2. The van der Waals surface area contributed by atoms with Gasteiger partial charge in [-0.15, -0.1) is 5.10 Å². The average Bonchev–Trinajstić information content (AvgIpc) is 2.94. The summed E-state index contributed by atoms with van der Waals surface area (Å²) in [5.74, 6) is 2.26. The first kappa shape index (κ1) is 16.2. The molecular weight excluding hydrogens is 304 g/mol. The summed E-state index contributed by atoms with van der Waals surface area (Å²) in [6.07, 6.45) is 0.206. The summed E-state index contributed by atoms with van der Waals surface area (Å²) in [7, 11) is 3.13. The molecule has 1 heterocycles. The number of benzene rings is 1. The lowest BCUT2D eigenvalue weighted by molar-refractivity contribution is -0.115. The summed E-state index contributed by atoms with van der Waals surface area (Å²) >= 11 is 1.50. The number of hydrogen-bond acceptors (Lipinski definition) is 6. The summed E-state index contributed by atoms with van der Waals surface area (Å²) < 4.78 is 10.4. The van der Waals surface area contributed by atoms with Crippen LogP contribution in [0.5, 0.6) is 11.5 Å². The third-order valence-corrected chi connectivity index (χ3v) is 3.54. The zero-order valence-corrected chi connectivity index (χ0v) is 13.5. The number of amides is 1. The van der Waals surface area contributed by atoms with Crippen molar-refractivity contribution in [2.45, 2.75) is 18.5 Å². The highest BCUT2D eigenvalue weighted by Crippen LogP contribution is 2.27. The third-order valence-electron chi connectivity index (χ3n) is 2.81. The Kier molecular flexibility index (Phi) is 5.65. The van der Waals surface area contributed by atoms with Gasteiger partial charge in [0.25, 0.3) is 0 Å².